The monoisotopic (exact) mass is 260 g/mol. The van der Waals surface area contributed by atoms with E-state index < -0.39 is 0 Å². The Morgan fingerprint density at radius 2 is 1.79 bits per heavy atom. The first-order chi connectivity index (χ1) is 9.10. The maximum Gasteiger partial charge on any atom is 0.227 e. The Morgan fingerprint density at radius 3 is 2.37 bits per heavy atom. The molecule has 1 saturated heterocycles. The number of likely N-dealkylation sites (tertiary alicyclic amines) is 1. The van der Waals surface area contributed by atoms with Crippen molar-refractivity contribution in [2.24, 2.45) is 17.6 Å². The van der Waals surface area contributed by atoms with E-state index in [9.17, 15) is 4.79 Å². The second-order valence-electron chi connectivity index (χ2n) is 5.89. The summed E-state index contributed by atoms with van der Waals surface area (Å²) in [6.45, 7) is 6.74. The maximum atomic E-state index is 12.4. The molecule has 0 saturated carbocycles. The highest BCUT2D eigenvalue weighted by Gasteiger charge is 2.25. The molecular formula is C16H24N2O. The van der Waals surface area contributed by atoms with Gasteiger partial charge in [0.1, 0.15) is 0 Å². The Morgan fingerprint density at radius 1 is 1.21 bits per heavy atom. The summed E-state index contributed by atoms with van der Waals surface area (Å²) in [6.07, 6.45) is 1.70. The fraction of sp³-hybridized carbons (Fsp3) is 0.562. The van der Waals surface area contributed by atoms with E-state index in [4.69, 9.17) is 5.73 Å². The van der Waals surface area contributed by atoms with E-state index in [0.717, 1.165) is 24.2 Å². The van der Waals surface area contributed by atoms with Gasteiger partial charge in [-0.3, -0.25) is 4.79 Å². The van der Waals surface area contributed by atoms with E-state index in [2.05, 4.69) is 13.8 Å². The van der Waals surface area contributed by atoms with Gasteiger partial charge in [0.05, 0.1) is 6.42 Å². The molecular weight excluding hydrogens is 236 g/mol. The van der Waals surface area contributed by atoms with Crippen LogP contribution in [0, 0.1) is 11.8 Å². The number of amides is 1. The number of hydrogen-bond acceptors (Lipinski definition) is 2. The van der Waals surface area contributed by atoms with Crippen molar-refractivity contribution in [2.75, 3.05) is 13.1 Å². The predicted molar refractivity (Wildman–Crippen MR) is 77.6 cm³/mol. The number of piperidine rings is 1. The maximum absolute atomic E-state index is 12.4. The Hall–Kier alpha value is -1.35. The number of benzene rings is 1. The van der Waals surface area contributed by atoms with Gasteiger partial charge in [-0.15, -0.1) is 0 Å². The van der Waals surface area contributed by atoms with E-state index in [0.29, 0.717) is 24.8 Å². The molecule has 3 nitrogen and oxygen atoms in total. The van der Waals surface area contributed by atoms with Crippen molar-refractivity contribution in [3.8, 4) is 0 Å². The van der Waals surface area contributed by atoms with Gasteiger partial charge in [0.2, 0.25) is 5.91 Å². The predicted octanol–water partition coefficient (Wildman–Crippen LogP) is 2.19. The minimum absolute atomic E-state index is 0.235. The van der Waals surface area contributed by atoms with Crippen molar-refractivity contribution in [1.82, 2.24) is 4.90 Å². The van der Waals surface area contributed by atoms with Gasteiger partial charge in [0.25, 0.3) is 0 Å². The van der Waals surface area contributed by atoms with E-state index >= 15 is 0 Å². The molecule has 1 amide bonds. The summed E-state index contributed by atoms with van der Waals surface area (Å²) in [4.78, 5) is 14.4. The summed E-state index contributed by atoms with van der Waals surface area (Å²) in [5, 5.41) is 0. The molecule has 2 atom stereocenters. The van der Waals surface area contributed by atoms with Gasteiger partial charge in [0.15, 0.2) is 0 Å². The number of nitrogens with two attached hydrogens (primary N) is 1. The molecule has 1 aliphatic rings. The van der Waals surface area contributed by atoms with Crippen LogP contribution >= 0.6 is 0 Å². The zero-order valence-corrected chi connectivity index (χ0v) is 11.9. The van der Waals surface area contributed by atoms with Gasteiger partial charge in [-0.1, -0.05) is 38.1 Å². The minimum Gasteiger partial charge on any atom is -0.342 e. The first-order valence-electron chi connectivity index (χ1n) is 7.14. The van der Waals surface area contributed by atoms with Crippen molar-refractivity contribution in [1.29, 1.82) is 0 Å². The molecule has 19 heavy (non-hydrogen) atoms. The van der Waals surface area contributed by atoms with Crippen LogP contribution in [0.1, 0.15) is 31.4 Å². The highest BCUT2D eigenvalue weighted by Crippen LogP contribution is 2.22. The fourth-order valence-corrected chi connectivity index (χ4v) is 3.07. The smallest absolute Gasteiger partial charge is 0.227 e. The van der Waals surface area contributed by atoms with Crippen LogP contribution in [0.2, 0.25) is 0 Å². The lowest BCUT2D eigenvalue weighted by atomic mass is 9.91. The number of nitrogens with zero attached hydrogens (tertiary/aromatic N) is 1. The second-order valence-corrected chi connectivity index (χ2v) is 5.89. The minimum atomic E-state index is 0.235. The number of carbonyl (C=O) groups excluding carboxylic acids is 1. The highest BCUT2D eigenvalue weighted by molar-refractivity contribution is 5.79. The van der Waals surface area contributed by atoms with Crippen molar-refractivity contribution >= 4 is 5.91 Å². The van der Waals surface area contributed by atoms with Crippen molar-refractivity contribution in [2.45, 2.75) is 33.2 Å². The summed E-state index contributed by atoms with van der Waals surface area (Å²) in [6, 6.07) is 7.96. The number of hydrogen-bond donors (Lipinski definition) is 1. The van der Waals surface area contributed by atoms with Crippen LogP contribution in [0.15, 0.2) is 24.3 Å². The first-order valence-corrected chi connectivity index (χ1v) is 7.14. The van der Waals surface area contributed by atoms with Crippen LogP contribution in [0.3, 0.4) is 0 Å². The van der Waals surface area contributed by atoms with Crippen LogP contribution in [0.25, 0.3) is 0 Å². The third kappa shape index (κ3) is 3.57. The molecule has 1 heterocycles. The van der Waals surface area contributed by atoms with Gasteiger partial charge < -0.3 is 10.6 Å². The lowest BCUT2D eigenvalue weighted by molar-refractivity contribution is -0.133. The van der Waals surface area contributed by atoms with Crippen molar-refractivity contribution in [3.05, 3.63) is 35.4 Å². The molecule has 104 valence electrons. The average molecular weight is 260 g/mol. The molecule has 1 aliphatic heterocycles. The molecule has 1 aromatic rings. The van der Waals surface area contributed by atoms with Gasteiger partial charge in [-0.25, -0.2) is 0 Å². The Labute approximate surface area is 115 Å². The molecule has 0 radical (unpaired) electrons. The molecule has 2 N–H and O–H groups in total. The van der Waals surface area contributed by atoms with E-state index in [1.54, 1.807) is 0 Å². The fourth-order valence-electron chi connectivity index (χ4n) is 3.07. The molecule has 1 aromatic carbocycles. The van der Waals surface area contributed by atoms with Crippen molar-refractivity contribution in [3.63, 3.8) is 0 Å². The summed E-state index contributed by atoms with van der Waals surface area (Å²) in [5.74, 6) is 1.45. The molecule has 0 bridgehead atoms. The molecule has 0 aromatic heterocycles. The van der Waals surface area contributed by atoms with Crippen LogP contribution in [0.5, 0.6) is 0 Å². The molecule has 1 fully saturated rings. The van der Waals surface area contributed by atoms with Crippen LogP contribution < -0.4 is 5.73 Å². The van der Waals surface area contributed by atoms with Gasteiger partial charge >= 0.3 is 0 Å². The van der Waals surface area contributed by atoms with Crippen molar-refractivity contribution < 1.29 is 4.79 Å². The molecule has 2 unspecified atom stereocenters. The van der Waals surface area contributed by atoms with Crippen LogP contribution in [0.4, 0.5) is 0 Å². The van der Waals surface area contributed by atoms with E-state index in [1.165, 1.54) is 6.42 Å². The lowest BCUT2D eigenvalue weighted by Crippen LogP contribution is -2.43. The first kappa shape index (κ1) is 14.1. The second kappa shape index (κ2) is 6.20. The third-order valence-corrected chi connectivity index (χ3v) is 3.90. The Kier molecular flexibility index (Phi) is 4.59. The summed E-state index contributed by atoms with van der Waals surface area (Å²) < 4.78 is 0. The highest BCUT2D eigenvalue weighted by atomic mass is 16.2. The van der Waals surface area contributed by atoms with E-state index in [-0.39, 0.29) is 5.91 Å². The zero-order chi connectivity index (χ0) is 13.8. The van der Waals surface area contributed by atoms with Crippen LogP contribution in [-0.2, 0) is 17.8 Å². The molecule has 3 heteroatoms. The molecule has 0 spiro atoms. The Bertz CT molecular complexity index is 434. The van der Waals surface area contributed by atoms with Gasteiger partial charge in [0, 0.05) is 19.6 Å². The summed E-state index contributed by atoms with van der Waals surface area (Å²) in [5.41, 5.74) is 7.87. The van der Waals surface area contributed by atoms with Gasteiger partial charge in [-0.2, -0.15) is 0 Å². The lowest BCUT2D eigenvalue weighted by Gasteiger charge is -2.35. The normalized spacial score (nSPS) is 23.4. The standard InChI is InChI=1S/C16H24N2O/c1-12-7-13(2)11-18(10-12)16(19)8-14-5-3-4-6-15(14)9-17/h3-6,12-13H,7-11,17H2,1-2H3. The van der Waals surface area contributed by atoms with Crippen LogP contribution in [-0.4, -0.2) is 23.9 Å². The third-order valence-electron chi connectivity index (χ3n) is 3.90. The Balaban J connectivity index is 2.04. The quantitative estimate of drug-likeness (QED) is 0.905. The average Bonchev–Trinajstić information content (AvgIpc) is 2.38. The van der Waals surface area contributed by atoms with E-state index in [1.807, 2.05) is 29.2 Å². The summed E-state index contributed by atoms with van der Waals surface area (Å²) in [7, 11) is 0. The van der Waals surface area contributed by atoms with Gasteiger partial charge in [-0.05, 0) is 29.4 Å². The summed E-state index contributed by atoms with van der Waals surface area (Å²) >= 11 is 0. The number of rotatable bonds is 3. The topological polar surface area (TPSA) is 46.3 Å². The largest absolute Gasteiger partial charge is 0.342 e. The number of carbonyl (C=O) groups is 1. The molecule has 0 aliphatic carbocycles. The zero-order valence-electron chi connectivity index (χ0n) is 11.9. The molecule has 2 rings (SSSR count). The SMILES string of the molecule is CC1CC(C)CN(C(=O)Cc2ccccc2CN)C1.